The van der Waals surface area contributed by atoms with Crippen molar-refractivity contribution in [1.82, 2.24) is 0 Å². The standard InChI is InChI=1S/C39H64O4/c1-3-5-7-9-11-12-13-14-15-16-17-18-19-20-21-22-23-24-25-26-27-29-31-33-35-42-37-38(36-40)43-39(41)34-32-30-28-10-8-6-4-2/h5,7,11-12,14-15,17-18,20-21,23-24,26-27,38,40H,3-4,6,8-10,13,16,19,22,25,28-37H2,1-2H3/b7-5-,12-11-,15-14-,18-17-,21-20-,24-23-,27-26-. The minimum Gasteiger partial charge on any atom is -0.457 e. The van der Waals surface area contributed by atoms with Gasteiger partial charge in [0.2, 0.25) is 0 Å². The predicted molar refractivity (Wildman–Crippen MR) is 186 cm³/mol. The maximum Gasteiger partial charge on any atom is 0.306 e. The molecule has 0 radical (unpaired) electrons. The highest BCUT2D eigenvalue weighted by molar-refractivity contribution is 5.69. The second kappa shape index (κ2) is 35.8. The number of allylic oxidation sites excluding steroid dienone is 14. The molecule has 0 aliphatic heterocycles. The van der Waals surface area contributed by atoms with Crippen LogP contribution in [0.2, 0.25) is 0 Å². The molecule has 0 heterocycles. The Morgan fingerprint density at radius 3 is 1.53 bits per heavy atom. The molecular weight excluding hydrogens is 532 g/mol. The predicted octanol–water partition coefficient (Wildman–Crippen LogP) is 10.9. The fraction of sp³-hybridized carbons (Fsp3) is 0.615. The average Bonchev–Trinajstić information content (AvgIpc) is 3.01. The molecule has 0 bridgehead atoms. The van der Waals surface area contributed by atoms with Crippen LogP contribution < -0.4 is 0 Å². The first-order chi connectivity index (χ1) is 21.2. The number of hydrogen-bond donors (Lipinski definition) is 1. The van der Waals surface area contributed by atoms with Gasteiger partial charge in [0.25, 0.3) is 0 Å². The Kier molecular flexibility index (Phi) is 33.7. The molecule has 0 amide bonds. The normalized spacial score (nSPS) is 13.5. The molecule has 0 saturated carbocycles. The summed E-state index contributed by atoms with van der Waals surface area (Å²) in [4.78, 5) is 12.0. The molecule has 0 rings (SSSR count). The molecule has 1 N–H and O–H groups in total. The van der Waals surface area contributed by atoms with Gasteiger partial charge in [-0.05, 0) is 70.6 Å². The molecule has 0 aromatic rings. The summed E-state index contributed by atoms with van der Waals surface area (Å²) in [6.07, 6.45) is 49.2. The van der Waals surface area contributed by atoms with Gasteiger partial charge < -0.3 is 14.6 Å². The van der Waals surface area contributed by atoms with Crippen molar-refractivity contribution in [1.29, 1.82) is 0 Å². The molecule has 0 aliphatic rings. The van der Waals surface area contributed by atoms with E-state index in [2.05, 4.69) is 98.9 Å². The maximum atomic E-state index is 12.0. The Labute approximate surface area is 265 Å². The van der Waals surface area contributed by atoms with Gasteiger partial charge in [-0.3, -0.25) is 4.79 Å². The van der Waals surface area contributed by atoms with E-state index in [1.165, 1.54) is 32.1 Å². The minimum atomic E-state index is -0.557. The van der Waals surface area contributed by atoms with Crippen molar-refractivity contribution in [3.63, 3.8) is 0 Å². The summed E-state index contributed by atoms with van der Waals surface area (Å²) in [5.41, 5.74) is 0. The molecule has 1 unspecified atom stereocenters. The number of hydrogen-bond acceptors (Lipinski definition) is 4. The molecule has 0 aromatic carbocycles. The van der Waals surface area contributed by atoms with E-state index >= 15 is 0 Å². The SMILES string of the molecule is CC/C=C\C/C=C\C/C=C\C/C=C\C/C=C\C/C=C\C/C=C\CCCCOCC(CO)OC(=O)CCCCCCCCC. The Bertz CT molecular complexity index is 800. The van der Waals surface area contributed by atoms with E-state index in [9.17, 15) is 9.90 Å². The topological polar surface area (TPSA) is 55.8 Å². The van der Waals surface area contributed by atoms with Gasteiger partial charge >= 0.3 is 5.97 Å². The van der Waals surface area contributed by atoms with Crippen LogP contribution in [0.3, 0.4) is 0 Å². The zero-order valence-corrected chi connectivity index (χ0v) is 27.7. The van der Waals surface area contributed by atoms with Gasteiger partial charge in [-0.1, -0.05) is 137 Å². The van der Waals surface area contributed by atoms with Gasteiger partial charge in [-0.2, -0.15) is 0 Å². The van der Waals surface area contributed by atoms with Crippen molar-refractivity contribution >= 4 is 5.97 Å². The second-order valence-electron chi connectivity index (χ2n) is 10.9. The molecular formula is C39H64O4. The quantitative estimate of drug-likeness (QED) is 0.0509. The maximum absolute atomic E-state index is 12.0. The number of carbonyl (C=O) groups excluding carboxylic acids is 1. The van der Waals surface area contributed by atoms with Gasteiger partial charge in [0.05, 0.1) is 13.2 Å². The van der Waals surface area contributed by atoms with Crippen molar-refractivity contribution in [3.05, 3.63) is 85.1 Å². The number of aliphatic hydroxyl groups excluding tert-OH is 1. The Balaban J connectivity index is 3.62. The van der Waals surface area contributed by atoms with E-state index in [0.717, 1.165) is 77.0 Å². The van der Waals surface area contributed by atoms with Crippen LogP contribution in [0.15, 0.2) is 85.1 Å². The zero-order chi connectivity index (χ0) is 31.3. The molecule has 244 valence electrons. The van der Waals surface area contributed by atoms with Crippen LogP contribution >= 0.6 is 0 Å². The summed E-state index contributed by atoms with van der Waals surface area (Å²) < 4.78 is 11.0. The first-order valence-electron chi connectivity index (χ1n) is 17.2. The molecule has 0 fully saturated rings. The first kappa shape index (κ1) is 40.6. The highest BCUT2D eigenvalue weighted by Gasteiger charge is 2.13. The van der Waals surface area contributed by atoms with E-state index in [1.54, 1.807) is 0 Å². The number of esters is 1. The zero-order valence-electron chi connectivity index (χ0n) is 27.7. The monoisotopic (exact) mass is 596 g/mol. The van der Waals surface area contributed by atoms with Gasteiger partial charge in [-0.15, -0.1) is 0 Å². The Morgan fingerprint density at radius 1 is 0.581 bits per heavy atom. The third-order valence-electron chi connectivity index (χ3n) is 6.73. The Hall–Kier alpha value is -2.43. The largest absolute Gasteiger partial charge is 0.457 e. The summed E-state index contributed by atoms with van der Waals surface area (Å²) in [6, 6.07) is 0. The lowest BCUT2D eigenvalue weighted by atomic mass is 10.1. The highest BCUT2D eigenvalue weighted by atomic mass is 16.6. The lowest BCUT2D eigenvalue weighted by Gasteiger charge is -2.15. The van der Waals surface area contributed by atoms with Crippen molar-refractivity contribution in [2.75, 3.05) is 19.8 Å². The highest BCUT2D eigenvalue weighted by Crippen LogP contribution is 2.10. The molecule has 0 spiro atoms. The molecule has 0 aliphatic carbocycles. The fourth-order valence-electron chi connectivity index (χ4n) is 4.19. The smallest absolute Gasteiger partial charge is 0.306 e. The lowest BCUT2D eigenvalue weighted by Crippen LogP contribution is -2.27. The summed E-state index contributed by atoms with van der Waals surface area (Å²) in [7, 11) is 0. The van der Waals surface area contributed by atoms with E-state index in [-0.39, 0.29) is 19.2 Å². The first-order valence-corrected chi connectivity index (χ1v) is 17.2. The third-order valence-corrected chi connectivity index (χ3v) is 6.73. The number of unbranched alkanes of at least 4 members (excludes halogenated alkanes) is 8. The van der Waals surface area contributed by atoms with Crippen molar-refractivity contribution < 1.29 is 19.4 Å². The van der Waals surface area contributed by atoms with Crippen molar-refractivity contribution in [3.8, 4) is 0 Å². The van der Waals surface area contributed by atoms with Crippen LogP contribution in [0.25, 0.3) is 0 Å². The third kappa shape index (κ3) is 33.9. The summed E-state index contributed by atoms with van der Waals surface area (Å²) >= 11 is 0. The molecule has 4 nitrogen and oxygen atoms in total. The van der Waals surface area contributed by atoms with Crippen LogP contribution in [-0.2, 0) is 14.3 Å². The van der Waals surface area contributed by atoms with Crippen LogP contribution in [0, 0.1) is 0 Å². The second-order valence-corrected chi connectivity index (χ2v) is 10.9. The van der Waals surface area contributed by atoms with Crippen LogP contribution in [0.4, 0.5) is 0 Å². The minimum absolute atomic E-state index is 0.194. The number of carbonyl (C=O) groups is 1. The van der Waals surface area contributed by atoms with Gasteiger partial charge in [-0.25, -0.2) is 0 Å². The molecule has 0 aromatic heterocycles. The van der Waals surface area contributed by atoms with Gasteiger partial charge in [0, 0.05) is 13.0 Å². The van der Waals surface area contributed by atoms with E-state index in [4.69, 9.17) is 9.47 Å². The van der Waals surface area contributed by atoms with Crippen LogP contribution in [0.1, 0.15) is 129 Å². The molecule has 4 heteroatoms. The molecule has 0 saturated heterocycles. The molecule has 43 heavy (non-hydrogen) atoms. The lowest BCUT2D eigenvalue weighted by molar-refractivity contribution is -0.154. The van der Waals surface area contributed by atoms with Crippen LogP contribution in [-0.4, -0.2) is 37.0 Å². The van der Waals surface area contributed by atoms with Gasteiger partial charge in [0.15, 0.2) is 0 Å². The fourth-order valence-corrected chi connectivity index (χ4v) is 4.19. The van der Waals surface area contributed by atoms with E-state index in [0.29, 0.717) is 13.0 Å². The number of aliphatic hydroxyl groups is 1. The average molecular weight is 597 g/mol. The van der Waals surface area contributed by atoms with E-state index < -0.39 is 6.10 Å². The molecule has 1 atom stereocenters. The van der Waals surface area contributed by atoms with Crippen LogP contribution in [0.5, 0.6) is 0 Å². The summed E-state index contributed by atoms with van der Waals surface area (Å²) in [6.45, 7) is 5.06. The van der Waals surface area contributed by atoms with E-state index in [1.807, 2.05) is 0 Å². The Morgan fingerprint density at radius 2 is 1.05 bits per heavy atom. The number of rotatable bonds is 30. The van der Waals surface area contributed by atoms with Crippen molar-refractivity contribution in [2.45, 2.75) is 136 Å². The summed E-state index contributed by atoms with van der Waals surface area (Å²) in [5, 5.41) is 9.48. The van der Waals surface area contributed by atoms with Gasteiger partial charge in [0.1, 0.15) is 6.10 Å². The number of ether oxygens (including phenoxy) is 2. The summed E-state index contributed by atoms with van der Waals surface area (Å²) in [5.74, 6) is -0.228. The van der Waals surface area contributed by atoms with Crippen molar-refractivity contribution in [2.24, 2.45) is 0 Å².